The van der Waals surface area contributed by atoms with Gasteiger partial charge in [-0.3, -0.25) is 0 Å². The number of hydrogen-bond acceptors (Lipinski definition) is 2. The Bertz CT molecular complexity index is 366. The van der Waals surface area contributed by atoms with E-state index >= 15 is 0 Å². The number of nitrogens with one attached hydrogen (secondary N) is 1. The summed E-state index contributed by atoms with van der Waals surface area (Å²) in [6.45, 7) is 7.29. The van der Waals surface area contributed by atoms with Gasteiger partial charge in [-0.15, -0.1) is 0 Å². The van der Waals surface area contributed by atoms with Gasteiger partial charge in [-0.25, -0.2) is 4.79 Å². The summed E-state index contributed by atoms with van der Waals surface area (Å²) in [4.78, 5) is 10.8. The minimum Gasteiger partial charge on any atom is -0.478 e. The fourth-order valence-corrected chi connectivity index (χ4v) is 2.28. The number of carboxylic acids is 1. The second kappa shape index (κ2) is 5.82. The molecule has 3 nitrogen and oxygen atoms in total. The number of carboxylic acid groups (broad SMARTS) is 1. The first-order valence-electron chi connectivity index (χ1n) is 6.18. The quantitative estimate of drug-likeness (QED) is 0.797. The lowest BCUT2D eigenvalue weighted by atomic mass is 9.84. The molecule has 1 aromatic carbocycles. The van der Waals surface area contributed by atoms with E-state index in [1.807, 2.05) is 12.1 Å². The lowest BCUT2D eigenvalue weighted by Crippen LogP contribution is -2.41. The van der Waals surface area contributed by atoms with Gasteiger partial charge in [-0.2, -0.15) is 0 Å². The Morgan fingerprint density at radius 1 is 1.18 bits per heavy atom. The minimum atomic E-state index is -0.876. The van der Waals surface area contributed by atoms with Gasteiger partial charge in [-0.05, 0) is 37.1 Å². The zero-order valence-corrected chi connectivity index (χ0v) is 10.8. The normalized spacial score (nSPS) is 11.5. The Balaban J connectivity index is 3.07. The third-order valence-corrected chi connectivity index (χ3v) is 3.41. The van der Waals surface area contributed by atoms with E-state index in [1.54, 1.807) is 12.1 Å². The van der Waals surface area contributed by atoms with Gasteiger partial charge in [0.15, 0.2) is 0 Å². The summed E-state index contributed by atoms with van der Waals surface area (Å²) in [6.07, 6.45) is 1.98. The Morgan fingerprint density at radius 2 is 1.71 bits per heavy atom. The number of benzene rings is 1. The highest BCUT2D eigenvalue weighted by Crippen LogP contribution is 2.28. The topological polar surface area (TPSA) is 49.3 Å². The third-order valence-electron chi connectivity index (χ3n) is 3.41. The molecule has 0 saturated heterocycles. The molecule has 0 bridgehead atoms. The van der Waals surface area contributed by atoms with Crippen LogP contribution in [0.5, 0.6) is 0 Å². The summed E-state index contributed by atoms with van der Waals surface area (Å²) in [5.74, 6) is -0.876. The zero-order valence-electron chi connectivity index (χ0n) is 10.8. The van der Waals surface area contributed by atoms with Crippen LogP contribution in [0.2, 0.25) is 0 Å². The van der Waals surface area contributed by atoms with Crippen LogP contribution >= 0.6 is 0 Å². The van der Waals surface area contributed by atoms with Gasteiger partial charge >= 0.3 is 5.97 Å². The van der Waals surface area contributed by atoms with E-state index in [-0.39, 0.29) is 5.54 Å². The molecule has 94 valence electrons. The van der Waals surface area contributed by atoms with E-state index in [2.05, 4.69) is 26.1 Å². The van der Waals surface area contributed by atoms with Crippen LogP contribution < -0.4 is 5.32 Å². The van der Waals surface area contributed by atoms with Crippen LogP contribution in [0.4, 0.5) is 0 Å². The molecule has 1 aromatic rings. The molecule has 0 aromatic heterocycles. The van der Waals surface area contributed by atoms with Crippen molar-refractivity contribution in [3.05, 3.63) is 35.4 Å². The molecule has 0 saturated carbocycles. The molecule has 0 unspecified atom stereocenters. The van der Waals surface area contributed by atoms with Crippen LogP contribution in [0, 0.1) is 0 Å². The molecule has 0 radical (unpaired) electrons. The summed E-state index contributed by atoms with van der Waals surface area (Å²) < 4.78 is 0. The van der Waals surface area contributed by atoms with Crippen molar-refractivity contribution in [2.45, 2.75) is 39.2 Å². The molecular formula is C14H21NO2. The average Bonchev–Trinajstić information content (AvgIpc) is 2.36. The maximum absolute atomic E-state index is 10.8. The van der Waals surface area contributed by atoms with Crippen molar-refractivity contribution in [1.82, 2.24) is 5.32 Å². The summed E-state index contributed by atoms with van der Waals surface area (Å²) in [5.41, 5.74) is 1.46. The SMILES string of the molecule is CCNC(CC)(CC)c1ccc(C(=O)O)cc1. The van der Waals surface area contributed by atoms with Crippen molar-refractivity contribution in [3.8, 4) is 0 Å². The molecule has 3 heteroatoms. The van der Waals surface area contributed by atoms with Gasteiger partial charge in [-0.1, -0.05) is 32.9 Å². The van der Waals surface area contributed by atoms with Crippen LogP contribution in [0.1, 0.15) is 49.5 Å². The fourth-order valence-electron chi connectivity index (χ4n) is 2.28. The highest BCUT2D eigenvalue weighted by molar-refractivity contribution is 5.87. The smallest absolute Gasteiger partial charge is 0.335 e. The van der Waals surface area contributed by atoms with E-state index in [1.165, 1.54) is 0 Å². The van der Waals surface area contributed by atoms with Crippen molar-refractivity contribution in [2.75, 3.05) is 6.54 Å². The number of aromatic carboxylic acids is 1. The number of rotatable bonds is 6. The van der Waals surface area contributed by atoms with Crippen molar-refractivity contribution in [3.63, 3.8) is 0 Å². The molecule has 2 N–H and O–H groups in total. The van der Waals surface area contributed by atoms with Crippen LogP contribution in [-0.4, -0.2) is 17.6 Å². The standard InChI is InChI=1S/C14H21NO2/c1-4-14(5-2,15-6-3)12-9-7-11(8-10-12)13(16)17/h7-10,15H,4-6H2,1-3H3,(H,16,17). The zero-order chi connectivity index (χ0) is 12.9. The van der Waals surface area contributed by atoms with Gasteiger partial charge in [0.05, 0.1) is 5.56 Å². The summed E-state index contributed by atoms with van der Waals surface area (Å²) in [5, 5.41) is 12.4. The van der Waals surface area contributed by atoms with Gasteiger partial charge in [0, 0.05) is 5.54 Å². The van der Waals surface area contributed by atoms with Crippen LogP contribution in [0.15, 0.2) is 24.3 Å². The van der Waals surface area contributed by atoms with Crippen LogP contribution in [0.25, 0.3) is 0 Å². The third kappa shape index (κ3) is 2.86. The van der Waals surface area contributed by atoms with Crippen molar-refractivity contribution < 1.29 is 9.90 Å². The van der Waals surface area contributed by atoms with Gasteiger partial charge in [0.25, 0.3) is 0 Å². The van der Waals surface area contributed by atoms with E-state index < -0.39 is 5.97 Å². The highest BCUT2D eigenvalue weighted by atomic mass is 16.4. The number of hydrogen-bond donors (Lipinski definition) is 2. The maximum Gasteiger partial charge on any atom is 0.335 e. The van der Waals surface area contributed by atoms with Crippen LogP contribution in [-0.2, 0) is 5.54 Å². The lowest BCUT2D eigenvalue weighted by molar-refractivity contribution is 0.0697. The largest absolute Gasteiger partial charge is 0.478 e. The fraction of sp³-hybridized carbons (Fsp3) is 0.500. The summed E-state index contributed by atoms with van der Waals surface area (Å²) >= 11 is 0. The predicted molar refractivity (Wildman–Crippen MR) is 69.3 cm³/mol. The van der Waals surface area contributed by atoms with Gasteiger partial charge in [0.1, 0.15) is 0 Å². The van der Waals surface area contributed by atoms with E-state index in [0.29, 0.717) is 5.56 Å². The van der Waals surface area contributed by atoms with Gasteiger partial charge in [0.2, 0.25) is 0 Å². The number of carbonyl (C=O) groups is 1. The Morgan fingerprint density at radius 3 is 2.06 bits per heavy atom. The first-order chi connectivity index (χ1) is 8.09. The first kappa shape index (κ1) is 13.7. The van der Waals surface area contributed by atoms with E-state index in [4.69, 9.17) is 5.11 Å². The predicted octanol–water partition coefficient (Wildman–Crippen LogP) is 3.01. The second-order valence-electron chi connectivity index (χ2n) is 4.20. The molecule has 0 aliphatic heterocycles. The minimum absolute atomic E-state index is 0.0359. The second-order valence-corrected chi connectivity index (χ2v) is 4.20. The van der Waals surface area contributed by atoms with Crippen LogP contribution in [0.3, 0.4) is 0 Å². The molecule has 0 spiro atoms. The maximum atomic E-state index is 10.8. The molecule has 0 amide bonds. The average molecular weight is 235 g/mol. The first-order valence-corrected chi connectivity index (χ1v) is 6.18. The van der Waals surface area contributed by atoms with Gasteiger partial charge < -0.3 is 10.4 Å². The monoisotopic (exact) mass is 235 g/mol. The van der Waals surface area contributed by atoms with Crippen molar-refractivity contribution in [2.24, 2.45) is 0 Å². The summed E-state index contributed by atoms with van der Waals surface area (Å²) in [6, 6.07) is 7.18. The molecular weight excluding hydrogens is 214 g/mol. The molecule has 0 heterocycles. The van der Waals surface area contributed by atoms with Crippen molar-refractivity contribution >= 4 is 5.97 Å². The summed E-state index contributed by atoms with van der Waals surface area (Å²) in [7, 11) is 0. The molecule has 17 heavy (non-hydrogen) atoms. The Kier molecular flexibility index (Phi) is 4.70. The van der Waals surface area contributed by atoms with E-state index in [0.717, 1.165) is 24.9 Å². The molecule has 0 aliphatic carbocycles. The molecule has 0 aliphatic rings. The molecule has 0 atom stereocenters. The van der Waals surface area contributed by atoms with Crippen molar-refractivity contribution in [1.29, 1.82) is 0 Å². The molecule has 1 rings (SSSR count). The molecule has 0 fully saturated rings. The Labute approximate surface area is 103 Å². The lowest BCUT2D eigenvalue weighted by Gasteiger charge is -2.33. The highest BCUT2D eigenvalue weighted by Gasteiger charge is 2.26. The Hall–Kier alpha value is -1.35. The van der Waals surface area contributed by atoms with E-state index in [9.17, 15) is 4.79 Å².